The fourth-order valence-electron chi connectivity index (χ4n) is 4.51. The number of amides is 1. The van der Waals surface area contributed by atoms with Gasteiger partial charge in [0.25, 0.3) is 0 Å². The van der Waals surface area contributed by atoms with Gasteiger partial charge in [-0.25, -0.2) is 4.98 Å². The van der Waals surface area contributed by atoms with Gasteiger partial charge in [0.2, 0.25) is 5.91 Å². The number of hydrogen-bond donors (Lipinski definition) is 1. The van der Waals surface area contributed by atoms with Crippen LogP contribution < -0.4 is 5.32 Å². The number of carbonyl (C=O) groups excluding carboxylic acids is 1. The van der Waals surface area contributed by atoms with E-state index in [-0.39, 0.29) is 16.7 Å². The fourth-order valence-corrected chi connectivity index (χ4v) is 5.13. The van der Waals surface area contributed by atoms with Crippen molar-refractivity contribution in [1.29, 1.82) is 0 Å². The van der Waals surface area contributed by atoms with Gasteiger partial charge in [-0.15, -0.1) is 11.3 Å². The highest BCUT2D eigenvalue weighted by molar-refractivity contribution is 7.09. The number of thiazole rings is 1. The molecule has 1 spiro atoms. The number of aryl methyl sites for hydroxylation is 1. The lowest BCUT2D eigenvalue weighted by molar-refractivity contribution is -0.124. The zero-order chi connectivity index (χ0) is 15.9. The van der Waals surface area contributed by atoms with Gasteiger partial charge in [0.05, 0.1) is 22.7 Å². The lowest BCUT2D eigenvalue weighted by Crippen LogP contribution is -2.38. The molecule has 1 heterocycles. The van der Waals surface area contributed by atoms with Crippen LogP contribution in [0.3, 0.4) is 0 Å². The number of nitrogens with one attached hydrogen (secondary N) is 1. The molecule has 2 fully saturated rings. The lowest BCUT2D eigenvalue weighted by Gasteiger charge is -2.22. The molecule has 2 saturated carbocycles. The Labute approximate surface area is 141 Å². The molecule has 2 aliphatic rings. The second-order valence-electron chi connectivity index (χ2n) is 6.98. The van der Waals surface area contributed by atoms with Gasteiger partial charge in [-0.2, -0.15) is 0 Å². The topological polar surface area (TPSA) is 42.0 Å². The van der Waals surface area contributed by atoms with Crippen molar-refractivity contribution in [3.05, 3.63) is 52.0 Å². The molecule has 1 unspecified atom stereocenters. The number of carbonyl (C=O) groups is 1. The molecule has 23 heavy (non-hydrogen) atoms. The van der Waals surface area contributed by atoms with Crippen LogP contribution in [-0.2, 0) is 16.8 Å². The Hall–Kier alpha value is -1.68. The average Bonchev–Trinajstić information content (AvgIpc) is 2.87. The quantitative estimate of drug-likeness (QED) is 0.924. The van der Waals surface area contributed by atoms with Crippen LogP contribution in [0.5, 0.6) is 0 Å². The van der Waals surface area contributed by atoms with Crippen LogP contribution in [0, 0.1) is 12.3 Å². The lowest BCUT2D eigenvalue weighted by atomic mass is 9.84. The summed E-state index contributed by atoms with van der Waals surface area (Å²) < 4.78 is 0. The van der Waals surface area contributed by atoms with Gasteiger partial charge in [-0.3, -0.25) is 4.79 Å². The molecule has 1 amide bonds. The van der Waals surface area contributed by atoms with Crippen molar-refractivity contribution in [1.82, 2.24) is 10.3 Å². The first kappa shape index (κ1) is 14.9. The van der Waals surface area contributed by atoms with Gasteiger partial charge in [0.1, 0.15) is 0 Å². The Kier molecular flexibility index (Phi) is 3.52. The van der Waals surface area contributed by atoms with Crippen molar-refractivity contribution in [3.63, 3.8) is 0 Å². The number of hydrogen-bond acceptors (Lipinski definition) is 3. The minimum absolute atomic E-state index is 0.191. The van der Waals surface area contributed by atoms with Crippen molar-refractivity contribution in [3.8, 4) is 0 Å². The number of rotatable bonds is 4. The maximum absolute atomic E-state index is 13.1. The number of aromatic nitrogens is 1. The van der Waals surface area contributed by atoms with E-state index < -0.39 is 0 Å². The van der Waals surface area contributed by atoms with E-state index in [9.17, 15) is 4.79 Å². The normalized spacial score (nSPS) is 24.7. The molecule has 3 nitrogen and oxygen atoms in total. The van der Waals surface area contributed by atoms with Gasteiger partial charge < -0.3 is 5.32 Å². The van der Waals surface area contributed by atoms with E-state index in [1.54, 1.807) is 11.3 Å². The zero-order valence-corrected chi connectivity index (χ0v) is 14.3. The summed E-state index contributed by atoms with van der Waals surface area (Å²) in [7, 11) is 0. The van der Waals surface area contributed by atoms with Gasteiger partial charge in [-0.05, 0) is 37.2 Å². The maximum atomic E-state index is 13.1. The molecule has 1 aromatic heterocycles. The predicted molar refractivity (Wildman–Crippen MR) is 92.3 cm³/mol. The molecule has 1 aromatic carbocycles. The van der Waals surface area contributed by atoms with E-state index in [1.807, 2.05) is 18.4 Å². The molecule has 4 heteroatoms. The molecule has 4 rings (SSSR count). The van der Waals surface area contributed by atoms with E-state index >= 15 is 0 Å². The molecule has 2 aromatic rings. The summed E-state index contributed by atoms with van der Waals surface area (Å²) in [5, 5.41) is 6.25. The summed E-state index contributed by atoms with van der Waals surface area (Å²) in [4.78, 5) is 17.6. The van der Waals surface area contributed by atoms with Crippen LogP contribution in [0.25, 0.3) is 0 Å². The molecule has 120 valence electrons. The van der Waals surface area contributed by atoms with Crippen LogP contribution in [0.2, 0.25) is 0 Å². The third-order valence-electron chi connectivity index (χ3n) is 5.70. The summed E-state index contributed by atoms with van der Waals surface area (Å²) in [6, 6.07) is 10.4. The number of nitrogens with zero attached hydrogens (tertiary/aromatic N) is 1. The minimum Gasteiger partial charge on any atom is -0.350 e. The third kappa shape index (κ3) is 2.31. The SMILES string of the molecule is Cc1nc(CNC(=O)C2(c3ccccc3)CC23CCCC3)cs1. The Balaban J connectivity index is 1.58. The molecule has 0 saturated heterocycles. The van der Waals surface area contributed by atoms with Crippen molar-refractivity contribution in [2.75, 3.05) is 0 Å². The summed E-state index contributed by atoms with van der Waals surface area (Å²) in [5.74, 6) is 0.191. The average molecular weight is 326 g/mol. The van der Waals surface area contributed by atoms with Crippen LogP contribution in [-0.4, -0.2) is 10.9 Å². The molecule has 0 radical (unpaired) electrons. The summed E-state index contributed by atoms with van der Waals surface area (Å²) in [6.45, 7) is 2.53. The first-order valence-electron chi connectivity index (χ1n) is 8.41. The molecule has 1 N–H and O–H groups in total. The standard InChI is InChI=1S/C19H22N2OS/c1-14-21-16(12-23-14)11-20-17(22)19(15-7-3-2-4-8-15)13-18(19)9-5-6-10-18/h2-4,7-8,12H,5-6,9-11,13H2,1H3,(H,20,22). The van der Waals surface area contributed by atoms with Crippen LogP contribution in [0.1, 0.15) is 48.4 Å². The van der Waals surface area contributed by atoms with Gasteiger partial charge >= 0.3 is 0 Å². The first-order valence-corrected chi connectivity index (χ1v) is 9.29. The molecule has 0 bridgehead atoms. The van der Waals surface area contributed by atoms with Crippen LogP contribution in [0.4, 0.5) is 0 Å². The molecule has 0 aliphatic heterocycles. The van der Waals surface area contributed by atoms with Crippen molar-refractivity contribution in [2.24, 2.45) is 5.41 Å². The first-order chi connectivity index (χ1) is 11.2. The Bertz CT molecular complexity index is 718. The highest BCUT2D eigenvalue weighted by Gasteiger charge is 2.72. The second-order valence-corrected chi connectivity index (χ2v) is 8.04. The van der Waals surface area contributed by atoms with E-state index in [1.165, 1.54) is 31.2 Å². The smallest absolute Gasteiger partial charge is 0.231 e. The third-order valence-corrected chi connectivity index (χ3v) is 6.52. The van der Waals surface area contributed by atoms with E-state index in [0.29, 0.717) is 6.54 Å². The van der Waals surface area contributed by atoms with Crippen molar-refractivity contribution < 1.29 is 4.79 Å². The van der Waals surface area contributed by atoms with Crippen molar-refractivity contribution >= 4 is 17.2 Å². The maximum Gasteiger partial charge on any atom is 0.231 e. The Morgan fingerprint density at radius 1 is 1.26 bits per heavy atom. The van der Waals surface area contributed by atoms with Gasteiger partial charge in [0.15, 0.2) is 0 Å². The largest absolute Gasteiger partial charge is 0.350 e. The Morgan fingerprint density at radius 3 is 2.65 bits per heavy atom. The van der Waals surface area contributed by atoms with Gasteiger partial charge in [-0.1, -0.05) is 43.2 Å². The monoisotopic (exact) mass is 326 g/mol. The summed E-state index contributed by atoms with van der Waals surface area (Å²) in [6.07, 6.45) is 5.89. The molecular weight excluding hydrogens is 304 g/mol. The minimum atomic E-state index is -0.310. The number of benzene rings is 1. The molecule has 2 aliphatic carbocycles. The summed E-state index contributed by atoms with van der Waals surface area (Å²) in [5.41, 5.74) is 2.05. The highest BCUT2D eigenvalue weighted by Crippen LogP contribution is 2.72. The van der Waals surface area contributed by atoms with E-state index in [4.69, 9.17) is 0 Å². The molecular formula is C19H22N2OS. The van der Waals surface area contributed by atoms with Gasteiger partial charge in [0, 0.05) is 5.38 Å². The predicted octanol–water partition coefficient (Wildman–Crippen LogP) is 3.97. The van der Waals surface area contributed by atoms with Crippen LogP contribution >= 0.6 is 11.3 Å². The van der Waals surface area contributed by atoms with E-state index in [0.717, 1.165) is 17.1 Å². The fraction of sp³-hybridized carbons (Fsp3) is 0.474. The van der Waals surface area contributed by atoms with Crippen molar-refractivity contribution in [2.45, 2.75) is 51.0 Å². The van der Waals surface area contributed by atoms with Crippen LogP contribution in [0.15, 0.2) is 35.7 Å². The Morgan fingerprint density at radius 2 is 2.00 bits per heavy atom. The zero-order valence-electron chi connectivity index (χ0n) is 13.5. The second kappa shape index (κ2) is 5.45. The molecule has 1 atom stereocenters. The summed E-state index contributed by atoms with van der Waals surface area (Å²) >= 11 is 1.63. The van der Waals surface area contributed by atoms with E-state index in [2.05, 4.69) is 34.6 Å². The highest BCUT2D eigenvalue weighted by atomic mass is 32.1.